The molecule has 0 radical (unpaired) electrons. The van der Waals surface area contributed by atoms with Crippen molar-refractivity contribution in [1.29, 1.82) is 0 Å². The summed E-state index contributed by atoms with van der Waals surface area (Å²) in [6.07, 6.45) is 0. The van der Waals surface area contributed by atoms with E-state index in [0.717, 1.165) is 0 Å². The molecule has 1 aromatic rings. The van der Waals surface area contributed by atoms with Crippen LogP contribution < -0.4 is 9.84 Å². The Morgan fingerprint density at radius 3 is 2.26 bits per heavy atom. The molecule has 0 atom stereocenters. The van der Waals surface area contributed by atoms with Crippen LogP contribution in [-0.4, -0.2) is 33.8 Å². The number of carbonyl (C=O) groups is 1. The number of amides is 2. The molecule has 0 aromatic heterocycles. The molecule has 0 fully saturated rings. The smallest absolute Gasteiger partial charge is 0.375 e. The van der Waals surface area contributed by atoms with Crippen molar-refractivity contribution in [2.24, 2.45) is 0 Å². The van der Waals surface area contributed by atoms with Crippen LogP contribution in [0.1, 0.15) is 13.8 Å². The zero-order valence-electron chi connectivity index (χ0n) is 10.7. The first-order valence-electron chi connectivity index (χ1n) is 5.77. The van der Waals surface area contributed by atoms with Crippen LogP contribution in [0.15, 0.2) is 24.3 Å². The summed E-state index contributed by atoms with van der Waals surface area (Å²) in [5.41, 5.74) is 0.591. The number of carbonyl (C=O) groups excluding carboxylic acids is 1. The maximum atomic E-state index is 11.8. The van der Waals surface area contributed by atoms with Gasteiger partial charge in [-0.1, -0.05) is 0 Å². The number of nitrogens with zero attached hydrogens (tertiary/aromatic N) is 1. The van der Waals surface area contributed by atoms with Gasteiger partial charge in [0.05, 0.1) is 0 Å². The Hall–Kier alpha value is -1.14. The van der Waals surface area contributed by atoms with Gasteiger partial charge in [-0.2, -0.15) is 0 Å². The summed E-state index contributed by atoms with van der Waals surface area (Å²) >= 11 is 4.36. The van der Waals surface area contributed by atoms with Gasteiger partial charge in [-0.3, -0.25) is 0 Å². The van der Waals surface area contributed by atoms with Crippen molar-refractivity contribution >= 4 is 30.2 Å². The first-order chi connectivity index (χ1) is 8.85. The molecule has 0 heterocycles. The van der Waals surface area contributed by atoms with E-state index >= 15 is 0 Å². The lowest BCUT2D eigenvalue weighted by Gasteiger charge is -2.19. The van der Waals surface area contributed by atoms with Crippen molar-refractivity contribution in [1.82, 2.24) is 4.90 Å². The zero-order chi connectivity index (χ0) is 14.5. The van der Waals surface area contributed by atoms with E-state index in [1.165, 1.54) is 12.1 Å². The highest BCUT2D eigenvalue weighted by Gasteiger charge is 2.11. The van der Waals surface area contributed by atoms with Gasteiger partial charge >= 0.3 is 12.7 Å². The quantitative estimate of drug-likeness (QED) is 0.726. The summed E-state index contributed by atoms with van der Waals surface area (Å²) in [4.78, 5) is 31.4. The molecule has 0 aliphatic heterocycles. The van der Waals surface area contributed by atoms with Crippen LogP contribution in [0.5, 0.6) is 5.75 Å². The number of benzene rings is 1. The minimum absolute atomic E-state index is 0.187. The first-order valence-corrected chi connectivity index (χ1v) is 8.39. The summed E-state index contributed by atoms with van der Waals surface area (Å²) in [6.45, 7) is 1.33. The monoisotopic (exact) mass is 304 g/mol. The molecule has 2 amide bonds. The van der Waals surface area contributed by atoms with E-state index in [9.17, 15) is 4.79 Å². The molecular formula is C11H17N2O4PS. The molecular weight excluding hydrogens is 287 g/mol. The molecule has 0 saturated carbocycles. The van der Waals surface area contributed by atoms with E-state index in [1.807, 2.05) is 13.8 Å². The third-order valence-corrected chi connectivity index (χ3v) is 3.05. The number of nitrogens with one attached hydrogen (secondary N) is 1. The lowest BCUT2D eigenvalue weighted by molar-refractivity contribution is 0.217. The zero-order valence-corrected chi connectivity index (χ0v) is 12.4. The van der Waals surface area contributed by atoms with Crippen molar-refractivity contribution in [3.05, 3.63) is 24.3 Å². The van der Waals surface area contributed by atoms with E-state index in [1.54, 1.807) is 17.0 Å². The van der Waals surface area contributed by atoms with Crippen LogP contribution in [0.2, 0.25) is 0 Å². The number of rotatable bonds is 5. The topological polar surface area (TPSA) is 82.0 Å². The van der Waals surface area contributed by atoms with E-state index in [2.05, 4.69) is 17.1 Å². The molecule has 0 unspecified atom stereocenters. The largest absolute Gasteiger partial charge is 0.424 e. The average Bonchev–Trinajstić information content (AvgIpc) is 2.31. The third-order valence-electron chi connectivity index (χ3n) is 2.38. The van der Waals surface area contributed by atoms with Crippen molar-refractivity contribution in [2.75, 3.05) is 18.4 Å². The van der Waals surface area contributed by atoms with Gasteiger partial charge < -0.3 is 24.5 Å². The standard InChI is InChI=1S/C11H17N2O4PS/c1-3-13(4-2)11(14)12-9-5-7-10(8-6-9)17-18(15,16)19/h5-8H,3-4H2,1-2H3,(H,12,14)(H2,15,16,19). The third kappa shape index (κ3) is 5.57. The molecule has 0 saturated heterocycles. The summed E-state index contributed by atoms with van der Waals surface area (Å²) in [5.74, 6) is 0.245. The molecule has 8 heteroatoms. The van der Waals surface area contributed by atoms with Gasteiger partial charge in [0.15, 0.2) is 0 Å². The molecule has 0 aliphatic carbocycles. The molecule has 3 N–H and O–H groups in total. The predicted molar refractivity (Wildman–Crippen MR) is 77.7 cm³/mol. The Morgan fingerprint density at radius 2 is 1.84 bits per heavy atom. The lowest BCUT2D eigenvalue weighted by atomic mass is 10.3. The van der Waals surface area contributed by atoms with Gasteiger partial charge in [-0.15, -0.1) is 0 Å². The van der Waals surface area contributed by atoms with Gasteiger partial charge in [0.25, 0.3) is 0 Å². The number of hydrogen-bond acceptors (Lipinski definition) is 3. The Balaban J connectivity index is 2.67. The SMILES string of the molecule is CCN(CC)C(=O)Nc1ccc(OP(O)(O)=S)cc1. The molecule has 19 heavy (non-hydrogen) atoms. The Labute approximate surface area is 117 Å². The normalized spacial score (nSPS) is 10.9. The van der Waals surface area contributed by atoms with Crippen molar-refractivity contribution in [3.8, 4) is 5.75 Å². The second-order valence-electron chi connectivity index (χ2n) is 3.71. The molecule has 0 bridgehead atoms. The van der Waals surface area contributed by atoms with Crippen molar-refractivity contribution in [2.45, 2.75) is 13.8 Å². The van der Waals surface area contributed by atoms with Gasteiger partial charge in [-0.05, 0) is 38.1 Å². The van der Waals surface area contributed by atoms with Gasteiger partial charge in [-0.25, -0.2) is 4.79 Å². The van der Waals surface area contributed by atoms with Crippen LogP contribution in [0.25, 0.3) is 0 Å². The lowest BCUT2D eigenvalue weighted by Crippen LogP contribution is -2.34. The molecule has 106 valence electrons. The fourth-order valence-electron chi connectivity index (χ4n) is 1.45. The van der Waals surface area contributed by atoms with E-state index < -0.39 is 6.72 Å². The molecule has 1 rings (SSSR count). The fourth-order valence-corrected chi connectivity index (χ4v) is 2.10. The number of anilines is 1. The minimum atomic E-state index is -3.72. The van der Waals surface area contributed by atoms with E-state index in [4.69, 9.17) is 14.3 Å². The van der Waals surface area contributed by atoms with Crippen LogP contribution in [-0.2, 0) is 11.8 Å². The molecule has 0 spiro atoms. The second-order valence-corrected chi connectivity index (χ2v) is 6.30. The van der Waals surface area contributed by atoms with Crippen LogP contribution in [0, 0.1) is 0 Å². The van der Waals surface area contributed by atoms with E-state index in [-0.39, 0.29) is 11.8 Å². The maximum Gasteiger partial charge on any atom is 0.375 e. The Bertz CT molecular complexity index is 470. The highest BCUT2D eigenvalue weighted by Crippen LogP contribution is 2.38. The summed E-state index contributed by atoms with van der Waals surface area (Å²) < 4.78 is 4.77. The van der Waals surface area contributed by atoms with Crippen LogP contribution in [0.3, 0.4) is 0 Å². The predicted octanol–water partition coefficient (Wildman–Crippen LogP) is 2.15. The number of urea groups is 1. The average molecular weight is 304 g/mol. The van der Waals surface area contributed by atoms with Crippen LogP contribution >= 0.6 is 6.72 Å². The minimum Gasteiger partial charge on any atom is -0.424 e. The first kappa shape index (κ1) is 15.9. The Kier molecular flexibility index (Phi) is 5.75. The second kappa shape index (κ2) is 6.86. The fraction of sp³-hybridized carbons (Fsp3) is 0.364. The van der Waals surface area contributed by atoms with Crippen molar-refractivity contribution < 1.29 is 19.1 Å². The molecule has 1 aromatic carbocycles. The van der Waals surface area contributed by atoms with Crippen molar-refractivity contribution in [3.63, 3.8) is 0 Å². The van der Waals surface area contributed by atoms with Gasteiger partial charge in [0, 0.05) is 30.6 Å². The van der Waals surface area contributed by atoms with Gasteiger partial charge in [0.1, 0.15) is 5.75 Å². The number of hydrogen-bond donors (Lipinski definition) is 3. The Morgan fingerprint density at radius 1 is 1.32 bits per heavy atom. The highest BCUT2D eigenvalue weighted by molar-refractivity contribution is 8.06. The van der Waals surface area contributed by atoms with Gasteiger partial charge in [0.2, 0.25) is 0 Å². The summed E-state index contributed by atoms with van der Waals surface area (Å²) in [7, 11) is 0. The summed E-state index contributed by atoms with van der Waals surface area (Å²) in [5, 5.41) is 2.72. The summed E-state index contributed by atoms with van der Waals surface area (Å²) in [6, 6.07) is 6.02. The van der Waals surface area contributed by atoms with E-state index in [0.29, 0.717) is 18.8 Å². The molecule has 6 nitrogen and oxygen atoms in total. The molecule has 0 aliphatic rings. The van der Waals surface area contributed by atoms with Crippen LogP contribution in [0.4, 0.5) is 10.5 Å². The highest BCUT2D eigenvalue weighted by atomic mass is 32.5. The maximum absolute atomic E-state index is 11.8.